The quantitative estimate of drug-likeness (QED) is 0.417. The number of ether oxygens (including phenoxy) is 2. The van der Waals surface area contributed by atoms with Gasteiger partial charge in [0.15, 0.2) is 18.3 Å². The van der Waals surface area contributed by atoms with Gasteiger partial charge in [-0.25, -0.2) is 9.59 Å². The van der Waals surface area contributed by atoms with E-state index >= 15 is 0 Å². The standard InChI is InChI=1S/C7H10O7/c1-13-6(11)4(10)5-2(8)3(9)7(12)14-5/h2-5,8-10H,1H3. The van der Waals surface area contributed by atoms with Gasteiger partial charge < -0.3 is 24.8 Å². The average Bonchev–Trinajstić information content (AvgIpc) is 2.43. The van der Waals surface area contributed by atoms with Crippen LogP contribution in [0.4, 0.5) is 0 Å². The smallest absolute Gasteiger partial charge is 0.338 e. The molecule has 4 atom stereocenters. The Morgan fingerprint density at radius 2 is 2.14 bits per heavy atom. The largest absolute Gasteiger partial charge is 0.467 e. The highest BCUT2D eigenvalue weighted by molar-refractivity contribution is 5.81. The Bertz CT molecular complexity index is 250. The van der Waals surface area contributed by atoms with E-state index in [-0.39, 0.29) is 0 Å². The molecule has 0 aliphatic carbocycles. The highest BCUT2D eigenvalue weighted by atomic mass is 16.6. The molecule has 0 amide bonds. The lowest BCUT2D eigenvalue weighted by molar-refractivity contribution is -0.164. The highest BCUT2D eigenvalue weighted by Gasteiger charge is 2.48. The number of methoxy groups -OCH3 is 1. The zero-order chi connectivity index (χ0) is 10.9. The third-order valence-electron chi connectivity index (χ3n) is 1.91. The van der Waals surface area contributed by atoms with Gasteiger partial charge in [0.25, 0.3) is 0 Å². The zero-order valence-electron chi connectivity index (χ0n) is 7.28. The second kappa shape index (κ2) is 3.91. The number of rotatable bonds is 2. The van der Waals surface area contributed by atoms with Crippen LogP contribution in [-0.2, 0) is 19.1 Å². The molecule has 1 fully saturated rings. The third-order valence-corrected chi connectivity index (χ3v) is 1.91. The van der Waals surface area contributed by atoms with Crippen molar-refractivity contribution in [2.24, 2.45) is 0 Å². The predicted octanol–water partition coefficient (Wildman–Crippen LogP) is -2.83. The summed E-state index contributed by atoms with van der Waals surface area (Å²) in [4.78, 5) is 21.5. The topological polar surface area (TPSA) is 113 Å². The first-order chi connectivity index (χ1) is 6.49. The summed E-state index contributed by atoms with van der Waals surface area (Å²) in [6, 6.07) is 0. The van der Waals surface area contributed by atoms with Crippen LogP contribution in [0.25, 0.3) is 0 Å². The number of cyclic esters (lactones) is 1. The summed E-state index contributed by atoms with van der Waals surface area (Å²) in [6.07, 6.45) is -6.64. The Labute approximate surface area is 78.9 Å². The van der Waals surface area contributed by atoms with E-state index in [1.165, 1.54) is 0 Å². The molecule has 0 aromatic heterocycles. The molecule has 7 heteroatoms. The van der Waals surface area contributed by atoms with Crippen LogP contribution in [0.1, 0.15) is 0 Å². The minimum atomic E-state index is -1.80. The summed E-state index contributed by atoms with van der Waals surface area (Å²) in [7, 11) is 1.03. The van der Waals surface area contributed by atoms with Crippen LogP contribution in [0.15, 0.2) is 0 Å². The SMILES string of the molecule is COC(=O)C(O)C1OC(=O)C(O)C1O. The fourth-order valence-electron chi connectivity index (χ4n) is 1.10. The molecule has 4 unspecified atom stereocenters. The predicted molar refractivity (Wildman–Crippen MR) is 39.9 cm³/mol. The fourth-order valence-corrected chi connectivity index (χ4v) is 1.10. The van der Waals surface area contributed by atoms with Crippen LogP contribution in [0.3, 0.4) is 0 Å². The summed E-state index contributed by atoms with van der Waals surface area (Å²) in [5.74, 6) is -2.12. The van der Waals surface area contributed by atoms with Gasteiger partial charge in [-0.15, -0.1) is 0 Å². The van der Waals surface area contributed by atoms with E-state index in [4.69, 9.17) is 5.11 Å². The van der Waals surface area contributed by atoms with Crippen molar-refractivity contribution in [1.82, 2.24) is 0 Å². The van der Waals surface area contributed by atoms with Crippen molar-refractivity contribution in [3.05, 3.63) is 0 Å². The van der Waals surface area contributed by atoms with E-state index in [0.717, 1.165) is 7.11 Å². The summed E-state index contributed by atoms with van der Waals surface area (Å²) in [5, 5.41) is 27.3. The first-order valence-electron chi connectivity index (χ1n) is 3.81. The van der Waals surface area contributed by atoms with E-state index < -0.39 is 36.4 Å². The second-order valence-corrected chi connectivity index (χ2v) is 2.80. The molecule has 80 valence electrons. The molecule has 0 radical (unpaired) electrons. The van der Waals surface area contributed by atoms with Gasteiger partial charge in [-0.1, -0.05) is 0 Å². The Kier molecular flexibility index (Phi) is 3.04. The van der Waals surface area contributed by atoms with Crippen LogP contribution in [0.2, 0.25) is 0 Å². The average molecular weight is 206 g/mol. The van der Waals surface area contributed by atoms with Gasteiger partial charge in [0.1, 0.15) is 6.10 Å². The van der Waals surface area contributed by atoms with Crippen molar-refractivity contribution < 1.29 is 34.4 Å². The van der Waals surface area contributed by atoms with Crippen molar-refractivity contribution >= 4 is 11.9 Å². The van der Waals surface area contributed by atoms with Gasteiger partial charge in [-0.3, -0.25) is 0 Å². The first-order valence-corrected chi connectivity index (χ1v) is 3.81. The van der Waals surface area contributed by atoms with Crippen LogP contribution in [0.5, 0.6) is 0 Å². The molecule has 1 saturated heterocycles. The summed E-state index contributed by atoms with van der Waals surface area (Å²) >= 11 is 0. The zero-order valence-corrected chi connectivity index (χ0v) is 7.28. The summed E-state index contributed by atoms with van der Waals surface area (Å²) < 4.78 is 8.55. The maximum absolute atomic E-state index is 10.8. The summed E-state index contributed by atoms with van der Waals surface area (Å²) in [5.41, 5.74) is 0. The molecule has 1 heterocycles. The molecule has 3 N–H and O–H groups in total. The lowest BCUT2D eigenvalue weighted by Gasteiger charge is -2.17. The van der Waals surface area contributed by atoms with Gasteiger partial charge in [0.2, 0.25) is 0 Å². The lowest BCUT2D eigenvalue weighted by atomic mass is 10.1. The molecule has 1 rings (SSSR count). The van der Waals surface area contributed by atoms with Gasteiger partial charge >= 0.3 is 11.9 Å². The minimum Gasteiger partial charge on any atom is -0.467 e. The molecule has 0 spiro atoms. The van der Waals surface area contributed by atoms with Crippen LogP contribution in [0, 0.1) is 0 Å². The van der Waals surface area contributed by atoms with Crippen molar-refractivity contribution in [2.75, 3.05) is 7.11 Å². The number of hydrogen-bond donors (Lipinski definition) is 3. The van der Waals surface area contributed by atoms with Crippen LogP contribution < -0.4 is 0 Å². The number of carbonyl (C=O) groups is 2. The molecule has 0 aromatic carbocycles. The van der Waals surface area contributed by atoms with E-state index in [1.807, 2.05) is 0 Å². The highest BCUT2D eigenvalue weighted by Crippen LogP contribution is 2.19. The van der Waals surface area contributed by atoms with Gasteiger partial charge in [0.05, 0.1) is 7.11 Å². The molecule has 0 bridgehead atoms. The molecular formula is C7H10O7. The van der Waals surface area contributed by atoms with E-state index in [9.17, 15) is 19.8 Å². The Balaban J connectivity index is 2.71. The molecule has 7 nitrogen and oxygen atoms in total. The minimum absolute atomic E-state index is 1.03. The van der Waals surface area contributed by atoms with Crippen molar-refractivity contribution in [3.63, 3.8) is 0 Å². The van der Waals surface area contributed by atoms with E-state index in [0.29, 0.717) is 0 Å². The normalized spacial score (nSPS) is 33.7. The van der Waals surface area contributed by atoms with Crippen LogP contribution in [-0.4, -0.2) is 58.8 Å². The molecule has 1 aliphatic rings. The van der Waals surface area contributed by atoms with E-state index in [1.54, 1.807) is 0 Å². The van der Waals surface area contributed by atoms with Crippen molar-refractivity contribution in [1.29, 1.82) is 0 Å². The maximum atomic E-state index is 10.8. The van der Waals surface area contributed by atoms with Crippen molar-refractivity contribution in [2.45, 2.75) is 24.4 Å². The molecule has 14 heavy (non-hydrogen) atoms. The fraction of sp³-hybridized carbons (Fsp3) is 0.714. The number of hydrogen-bond acceptors (Lipinski definition) is 7. The maximum Gasteiger partial charge on any atom is 0.338 e. The Morgan fingerprint density at radius 1 is 1.57 bits per heavy atom. The number of carbonyl (C=O) groups excluding carboxylic acids is 2. The summed E-state index contributed by atoms with van der Waals surface area (Å²) in [6.45, 7) is 0. The van der Waals surface area contributed by atoms with Gasteiger partial charge in [0, 0.05) is 0 Å². The second-order valence-electron chi connectivity index (χ2n) is 2.80. The van der Waals surface area contributed by atoms with E-state index in [2.05, 4.69) is 9.47 Å². The monoisotopic (exact) mass is 206 g/mol. The van der Waals surface area contributed by atoms with Gasteiger partial charge in [-0.2, -0.15) is 0 Å². The molecular weight excluding hydrogens is 196 g/mol. The Hall–Kier alpha value is -1.18. The molecule has 0 aromatic rings. The Morgan fingerprint density at radius 3 is 2.50 bits per heavy atom. The van der Waals surface area contributed by atoms with Crippen LogP contribution >= 0.6 is 0 Å². The molecule has 1 aliphatic heterocycles. The number of aliphatic hydroxyl groups excluding tert-OH is 3. The van der Waals surface area contributed by atoms with Crippen molar-refractivity contribution in [3.8, 4) is 0 Å². The first kappa shape index (κ1) is 10.9. The number of aliphatic hydroxyl groups is 3. The number of esters is 2. The lowest BCUT2D eigenvalue weighted by Crippen LogP contribution is -2.43. The molecule has 0 saturated carbocycles. The third kappa shape index (κ3) is 1.69. The van der Waals surface area contributed by atoms with Gasteiger partial charge in [-0.05, 0) is 0 Å².